The highest BCUT2D eigenvalue weighted by Crippen LogP contribution is 2.43. The largest absolute Gasteiger partial charge is 0.506 e. The molecule has 1 aliphatic heterocycles. The molecular weight excluding hydrogens is 322 g/mol. The van der Waals surface area contributed by atoms with Crippen LogP contribution in [0.15, 0.2) is 10.5 Å². The lowest BCUT2D eigenvalue weighted by Gasteiger charge is -2.25. The van der Waals surface area contributed by atoms with Crippen LogP contribution < -0.4 is 5.32 Å². The predicted octanol–water partition coefficient (Wildman–Crippen LogP) is 2.77. The van der Waals surface area contributed by atoms with Gasteiger partial charge < -0.3 is 15.5 Å². The maximum absolute atomic E-state index is 11.1. The third kappa shape index (κ3) is 2.33. The van der Waals surface area contributed by atoms with Crippen LogP contribution in [0, 0.1) is 5.92 Å². The summed E-state index contributed by atoms with van der Waals surface area (Å²) in [6.45, 7) is 0.473. The molecule has 1 fully saturated rings. The highest BCUT2D eigenvalue weighted by Gasteiger charge is 2.34. The van der Waals surface area contributed by atoms with Crippen molar-refractivity contribution in [3.63, 3.8) is 0 Å². The number of halogens is 1. The van der Waals surface area contributed by atoms with Crippen molar-refractivity contribution in [3.8, 4) is 5.75 Å². The average Bonchev–Trinajstić information content (AvgIpc) is 2.90. The van der Waals surface area contributed by atoms with Gasteiger partial charge in [-0.1, -0.05) is 0 Å². The molecule has 2 unspecified atom stereocenters. The van der Waals surface area contributed by atoms with Gasteiger partial charge in [0.1, 0.15) is 5.75 Å². The van der Waals surface area contributed by atoms with Gasteiger partial charge in [-0.15, -0.1) is 0 Å². The molecule has 5 heteroatoms. The number of rotatable bonds is 2. The van der Waals surface area contributed by atoms with Gasteiger partial charge in [0.2, 0.25) is 0 Å². The van der Waals surface area contributed by atoms with Crippen molar-refractivity contribution < 1.29 is 15.0 Å². The molecule has 2 aliphatic rings. The van der Waals surface area contributed by atoms with E-state index in [0.29, 0.717) is 17.4 Å². The number of benzene rings is 1. The summed E-state index contributed by atoms with van der Waals surface area (Å²) >= 11 is 3.42. The van der Waals surface area contributed by atoms with E-state index >= 15 is 0 Å². The second kappa shape index (κ2) is 5.37. The Morgan fingerprint density at radius 2 is 2.10 bits per heavy atom. The van der Waals surface area contributed by atoms with Crippen LogP contribution in [0.3, 0.4) is 0 Å². The minimum absolute atomic E-state index is 0.0551. The molecule has 2 atom stereocenters. The number of nitrogens with one attached hydrogen (secondary N) is 1. The van der Waals surface area contributed by atoms with Gasteiger partial charge in [0.05, 0.1) is 10.4 Å². The molecule has 0 spiro atoms. The monoisotopic (exact) mass is 339 g/mol. The predicted molar refractivity (Wildman–Crippen MR) is 78.9 cm³/mol. The van der Waals surface area contributed by atoms with Crippen LogP contribution >= 0.6 is 15.9 Å². The highest BCUT2D eigenvalue weighted by molar-refractivity contribution is 9.10. The third-order valence-electron chi connectivity index (χ3n) is 4.45. The molecule has 1 aromatic carbocycles. The van der Waals surface area contributed by atoms with Crippen molar-refractivity contribution >= 4 is 21.9 Å². The molecule has 4 nitrogen and oxygen atoms in total. The van der Waals surface area contributed by atoms with Crippen molar-refractivity contribution in [3.05, 3.63) is 27.2 Å². The Morgan fingerprint density at radius 3 is 2.80 bits per heavy atom. The number of phenolic OH excluding ortho intramolecular Hbond substituents is 1. The zero-order valence-corrected chi connectivity index (χ0v) is 12.7. The fourth-order valence-corrected chi connectivity index (χ4v) is 3.90. The summed E-state index contributed by atoms with van der Waals surface area (Å²) < 4.78 is 0.716. The summed E-state index contributed by atoms with van der Waals surface area (Å²) in [6, 6.07) is 1.96. The molecule has 0 saturated carbocycles. The van der Waals surface area contributed by atoms with Crippen LogP contribution in [-0.2, 0) is 17.6 Å². The molecular formula is C15H18BrNO3. The van der Waals surface area contributed by atoms with E-state index in [-0.39, 0.29) is 17.7 Å². The van der Waals surface area contributed by atoms with Crippen LogP contribution in [0.2, 0.25) is 0 Å². The Bertz CT molecular complexity index is 559. The Labute approximate surface area is 126 Å². The summed E-state index contributed by atoms with van der Waals surface area (Å²) in [5, 5.41) is 22.8. The summed E-state index contributed by atoms with van der Waals surface area (Å²) in [7, 11) is 0. The smallest absolute Gasteiger partial charge is 0.307 e. The number of aryl methyl sites for hydroxylation is 1. The van der Waals surface area contributed by atoms with Crippen LogP contribution in [0.5, 0.6) is 5.75 Å². The van der Waals surface area contributed by atoms with Gasteiger partial charge in [-0.2, -0.15) is 0 Å². The molecule has 1 aliphatic carbocycles. The Morgan fingerprint density at radius 1 is 1.35 bits per heavy atom. The maximum atomic E-state index is 11.1. The lowest BCUT2D eigenvalue weighted by Crippen LogP contribution is -2.19. The molecule has 0 radical (unpaired) electrons. The second-order valence-corrected chi connectivity index (χ2v) is 6.55. The number of hydrogen-bond acceptors (Lipinski definition) is 3. The number of aliphatic carboxylic acids is 1. The van der Waals surface area contributed by atoms with Crippen LogP contribution in [0.25, 0.3) is 0 Å². The van der Waals surface area contributed by atoms with E-state index in [2.05, 4.69) is 21.2 Å². The quantitative estimate of drug-likeness (QED) is 0.774. The molecule has 108 valence electrons. The maximum Gasteiger partial charge on any atom is 0.307 e. The minimum atomic E-state index is -0.761. The van der Waals surface area contributed by atoms with E-state index in [9.17, 15) is 9.90 Å². The first-order chi connectivity index (χ1) is 9.58. The van der Waals surface area contributed by atoms with E-state index in [0.717, 1.165) is 24.8 Å². The Balaban J connectivity index is 2.00. The van der Waals surface area contributed by atoms with Crippen molar-refractivity contribution in [1.29, 1.82) is 0 Å². The number of aromatic hydroxyl groups is 1. The van der Waals surface area contributed by atoms with Gasteiger partial charge in [-0.25, -0.2) is 0 Å². The zero-order chi connectivity index (χ0) is 14.3. The van der Waals surface area contributed by atoms with Gasteiger partial charge in [-0.05, 0) is 65.2 Å². The Kier molecular flexibility index (Phi) is 3.73. The number of hydrogen-bond donors (Lipinski definition) is 3. The SMILES string of the molecule is O=C(O)C1CNC(c2c(O)c(Br)cc3c2CCCC3)C1. The van der Waals surface area contributed by atoms with Crippen LogP contribution in [0.1, 0.15) is 42.0 Å². The van der Waals surface area contributed by atoms with Gasteiger partial charge in [-0.3, -0.25) is 4.79 Å². The van der Waals surface area contributed by atoms with Crippen molar-refractivity contribution in [2.45, 2.75) is 38.1 Å². The third-order valence-corrected chi connectivity index (χ3v) is 5.05. The number of fused-ring (bicyclic) bond motifs is 1. The summed E-state index contributed by atoms with van der Waals surface area (Å²) in [6.07, 6.45) is 4.87. The molecule has 20 heavy (non-hydrogen) atoms. The van der Waals surface area contributed by atoms with E-state index < -0.39 is 5.97 Å². The molecule has 1 aromatic rings. The first kappa shape index (κ1) is 13.9. The van der Waals surface area contributed by atoms with E-state index in [1.807, 2.05) is 6.07 Å². The lowest BCUT2D eigenvalue weighted by molar-refractivity contribution is -0.141. The standard InChI is InChI=1S/C15H18BrNO3/c16-11-5-8-3-1-2-4-10(8)13(14(11)18)12-6-9(7-17-12)15(19)20/h5,9,12,17-18H,1-4,6-7H2,(H,19,20). The van der Waals surface area contributed by atoms with Gasteiger partial charge in [0.15, 0.2) is 0 Å². The van der Waals surface area contributed by atoms with Crippen molar-refractivity contribution in [2.24, 2.45) is 5.92 Å². The summed E-state index contributed by atoms with van der Waals surface area (Å²) in [5.74, 6) is -0.852. The topological polar surface area (TPSA) is 69.6 Å². The normalized spacial score (nSPS) is 25.4. The van der Waals surface area contributed by atoms with Crippen molar-refractivity contribution in [1.82, 2.24) is 5.32 Å². The number of carboxylic acids is 1. The fourth-order valence-electron chi connectivity index (χ4n) is 3.41. The van der Waals surface area contributed by atoms with Crippen LogP contribution in [-0.4, -0.2) is 22.7 Å². The number of phenols is 1. The summed E-state index contributed by atoms with van der Waals surface area (Å²) in [4.78, 5) is 11.1. The zero-order valence-electron chi connectivity index (χ0n) is 11.2. The summed E-state index contributed by atoms with van der Waals surface area (Å²) in [5.41, 5.74) is 3.43. The molecule has 3 rings (SSSR count). The second-order valence-electron chi connectivity index (χ2n) is 5.70. The number of carboxylic acid groups (broad SMARTS) is 1. The van der Waals surface area contributed by atoms with Gasteiger partial charge in [0.25, 0.3) is 0 Å². The van der Waals surface area contributed by atoms with Gasteiger partial charge in [0, 0.05) is 18.2 Å². The molecule has 0 bridgehead atoms. The average molecular weight is 340 g/mol. The lowest BCUT2D eigenvalue weighted by atomic mass is 9.84. The first-order valence-corrected chi connectivity index (χ1v) is 7.86. The van der Waals surface area contributed by atoms with E-state index in [1.54, 1.807) is 0 Å². The highest BCUT2D eigenvalue weighted by atomic mass is 79.9. The van der Waals surface area contributed by atoms with Crippen molar-refractivity contribution in [2.75, 3.05) is 6.54 Å². The molecule has 0 amide bonds. The molecule has 1 heterocycles. The fraction of sp³-hybridized carbons (Fsp3) is 0.533. The molecule has 1 saturated heterocycles. The number of carbonyl (C=O) groups is 1. The minimum Gasteiger partial charge on any atom is -0.506 e. The van der Waals surface area contributed by atoms with Crippen LogP contribution in [0.4, 0.5) is 0 Å². The molecule has 3 N–H and O–H groups in total. The van der Waals surface area contributed by atoms with E-state index in [1.165, 1.54) is 17.5 Å². The molecule has 0 aromatic heterocycles. The van der Waals surface area contributed by atoms with Gasteiger partial charge >= 0.3 is 5.97 Å². The van der Waals surface area contributed by atoms with E-state index in [4.69, 9.17) is 5.11 Å². The first-order valence-electron chi connectivity index (χ1n) is 7.07. The Hall–Kier alpha value is -1.07.